The van der Waals surface area contributed by atoms with Crippen molar-refractivity contribution in [2.75, 3.05) is 0 Å². The number of rotatable bonds is 12. The van der Waals surface area contributed by atoms with E-state index in [4.69, 9.17) is 8.23 Å². The first-order chi connectivity index (χ1) is 16.9. The van der Waals surface area contributed by atoms with Crippen LogP contribution in [-0.4, -0.2) is 99.2 Å². The van der Waals surface area contributed by atoms with Gasteiger partial charge in [0.1, 0.15) is 41.2 Å². The Morgan fingerprint density at radius 2 is 0.825 bits per heavy atom. The minimum Gasteiger partial charge on any atom is -0.435 e. The molecule has 0 amide bonds. The molecule has 16 heteroatoms. The van der Waals surface area contributed by atoms with Gasteiger partial charge in [0.2, 0.25) is 0 Å². The molecule has 0 aromatic rings. The molecule has 240 valence electrons. The minimum atomic E-state index is -2.79. The zero-order valence-electron chi connectivity index (χ0n) is 31.6. The molecule has 0 spiro atoms. The van der Waals surface area contributed by atoms with E-state index in [0.29, 0.717) is 0 Å². The molecule has 1 rings (SSSR count). The van der Waals surface area contributed by atoms with Gasteiger partial charge in [0.25, 0.3) is 0 Å². The lowest BCUT2D eigenvalue weighted by molar-refractivity contribution is 0.308. The van der Waals surface area contributed by atoms with Crippen LogP contribution in [0.25, 0.3) is 0 Å². The van der Waals surface area contributed by atoms with Gasteiger partial charge in [-0.3, -0.25) is 3.90 Å². The van der Waals surface area contributed by atoms with E-state index in [1.54, 1.807) is 0 Å². The van der Waals surface area contributed by atoms with Crippen LogP contribution >= 0.6 is 0 Å². The molecule has 1 heterocycles. The predicted molar refractivity (Wildman–Crippen MR) is 208 cm³/mol. The van der Waals surface area contributed by atoms with Crippen molar-refractivity contribution in [3.05, 3.63) is 0 Å². The van der Waals surface area contributed by atoms with Crippen LogP contribution in [0.15, 0.2) is 0 Å². The fourth-order valence-electron chi connectivity index (χ4n) is 8.55. The molecule has 1 aliphatic heterocycles. The Hall–Kier alpha value is 1.93. The van der Waals surface area contributed by atoms with Gasteiger partial charge >= 0.3 is 17.4 Å². The van der Waals surface area contributed by atoms with Crippen LogP contribution in [0.2, 0.25) is 157 Å². The lowest BCUT2D eigenvalue weighted by Crippen LogP contribution is -3.09. The summed E-state index contributed by atoms with van der Waals surface area (Å²) in [7, 11) is -20.4. The predicted octanol–water partition coefficient (Wildman–Crippen LogP) is 8.79. The standard InChI is InChI=1S/C24H72N4O2Si10/c1-31(2,3)25(32(4,5)6)39(24,29-36(16,17)18)28-38(22,23)27(35(13,14)15)40(28,30-37(19,20)21)26(33(7,8)9)34(10,11)12/h1-24H3. The maximum atomic E-state index is 8.07. The monoisotopic (exact) mass is 728 g/mol. The smallest absolute Gasteiger partial charge is 0.401 e. The molecule has 40 heavy (non-hydrogen) atoms. The first-order valence-electron chi connectivity index (χ1n) is 15.5. The molecule has 0 bridgehead atoms. The van der Waals surface area contributed by atoms with Crippen LogP contribution in [0.3, 0.4) is 0 Å². The van der Waals surface area contributed by atoms with Gasteiger partial charge in [0, 0.05) is 0 Å². The first-order valence-corrected chi connectivity index (χ1v) is 46.5. The summed E-state index contributed by atoms with van der Waals surface area (Å²) in [5, 5.41) is 0. The van der Waals surface area contributed by atoms with Crippen molar-refractivity contribution in [1.29, 1.82) is 0 Å². The van der Waals surface area contributed by atoms with Crippen LogP contribution in [0.4, 0.5) is 0 Å². The van der Waals surface area contributed by atoms with E-state index >= 15 is 0 Å². The van der Waals surface area contributed by atoms with Crippen LogP contribution in [-0.2, 0) is 8.23 Å². The second-order valence-corrected chi connectivity index (χ2v) is 68.2. The zero-order chi connectivity index (χ0) is 32.7. The summed E-state index contributed by atoms with van der Waals surface area (Å²) in [6.07, 6.45) is 0. The van der Waals surface area contributed by atoms with Crippen LogP contribution in [0.5, 0.6) is 0 Å². The third kappa shape index (κ3) is 8.20. The van der Waals surface area contributed by atoms with Gasteiger partial charge in [-0.05, 0) is 58.9 Å². The highest BCUT2D eigenvalue weighted by Crippen LogP contribution is 2.54. The fourth-order valence-corrected chi connectivity index (χ4v) is 89.2. The molecule has 0 saturated carbocycles. The quantitative estimate of drug-likeness (QED) is 0.187. The summed E-state index contributed by atoms with van der Waals surface area (Å²) >= 11 is 0. The van der Waals surface area contributed by atoms with Gasteiger partial charge in [-0.25, -0.2) is 0 Å². The molecule has 2 atom stereocenters. The van der Waals surface area contributed by atoms with Gasteiger partial charge in [0.15, 0.2) is 25.0 Å². The van der Waals surface area contributed by atoms with Crippen molar-refractivity contribution in [1.82, 2.24) is 15.6 Å². The van der Waals surface area contributed by atoms with Gasteiger partial charge < -0.3 is 19.9 Å². The van der Waals surface area contributed by atoms with Crippen molar-refractivity contribution >= 4 is 83.7 Å². The Kier molecular flexibility index (Phi) is 11.3. The van der Waals surface area contributed by atoms with Gasteiger partial charge in [-0.15, -0.1) is 0 Å². The summed E-state index contributed by atoms with van der Waals surface area (Å²) < 4.78 is 28.7. The second-order valence-electron chi connectivity index (χ2n) is 19.6. The molecule has 2 unspecified atom stereocenters. The number of hydrogen-bond donors (Lipinski definition) is 0. The van der Waals surface area contributed by atoms with Crippen LogP contribution < -0.4 is 0 Å². The maximum Gasteiger partial charge on any atom is 0.401 e. The lowest BCUT2D eigenvalue weighted by Gasteiger charge is -2.81. The summed E-state index contributed by atoms with van der Waals surface area (Å²) in [5.41, 5.74) is 0. The molecule has 1 saturated heterocycles. The molecule has 6 nitrogen and oxygen atoms in total. The third-order valence-electron chi connectivity index (χ3n) is 7.09. The fraction of sp³-hybridized carbons (Fsp3) is 1.00. The third-order valence-corrected chi connectivity index (χ3v) is 63.9. The average Bonchev–Trinajstić information content (AvgIpc) is 2.39. The number of hydrogen-bond acceptors (Lipinski definition) is 6. The molecule has 1 aliphatic rings. The zero-order valence-corrected chi connectivity index (χ0v) is 41.6. The van der Waals surface area contributed by atoms with E-state index < -0.39 is 83.7 Å². The summed E-state index contributed by atoms with van der Waals surface area (Å²) in [6, 6.07) is 0. The lowest BCUT2D eigenvalue weighted by atomic mass is 11.8. The van der Waals surface area contributed by atoms with Crippen molar-refractivity contribution in [2.24, 2.45) is 0 Å². The molecule has 0 aromatic heterocycles. The topological polar surface area (TPSA) is 31.4 Å². The Morgan fingerprint density at radius 1 is 0.475 bits per heavy atom. The van der Waals surface area contributed by atoms with Crippen molar-refractivity contribution in [3.63, 3.8) is 0 Å². The van der Waals surface area contributed by atoms with E-state index in [2.05, 4.69) is 173 Å². The van der Waals surface area contributed by atoms with E-state index in [0.717, 1.165) is 0 Å². The minimum absolute atomic E-state index is 1.77. The number of nitrogens with zero attached hydrogens (tertiary/aromatic N) is 4. The van der Waals surface area contributed by atoms with Crippen molar-refractivity contribution in [3.8, 4) is 0 Å². The Bertz CT molecular complexity index is 880. The van der Waals surface area contributed by atoms with E-state index in [9.17, 15) is 0 Å². The summed E-state index contributed by atoms with van der Waals surface area (Å²) in [6.45, 7) is 61.6. The van der Waals surface area contributed by atoms with E-state index in [1.807, 2.05) is 0 Å². The molecule has 0 N–H and O–H groups in total. The van der Waals surface area contributed by atoms with Gasteiger partial charge in [-0.2, -0.15) is 0 Å². The van der Waals surface area contributed by atoms with Crippen LogP contribution in [0.1, 0.15) is 0 Å². The first kappa shape index (κ1) is 40.0. The highest BCUT2D eigenvalue weighted by molar-refractivity contribution is 7.25. The summed E-state index contributed by atoms with van der Waals surface area (Å²) in [4.78, 5) is 0. The molecular formula is C24H72N4O2Si10. The van der Waals surface area contributed by atoms with Crippen LogP contribution in [0, 0.1) is 0 Å². The SMILES string of the molecule is C[Si](C)(C)O[Si](C)(N([Si](C)(C)C)[Si](C)(C)C)N1[Si](C)(C)N([Si](C)(C)C)[Si]1(O[Si](C)(C)C)N([Si](C)(C)C)[Si](C)(C)C. The Morgan fingerprint density at radius 3 is 1.05 bits per heavy atom. The normalized spacial score (nSPS) is 24.4. The Labute approximate surface area is 263 Å². The summed E-state index contributed by atoms with van der Waals surface area (Å²) in [5.74, 6) is 0. The maximum absolute atomic E-state index is 8.07. The Balaban J connectivity index is 4.61. The van der Waals surface area contributed by atoms with E-state index in [1.165, 1.54) is 0 Å². The van der Waals surface area contributed by atoms with E-state index in [-0.39, 0.29) is 0 Å². The molecular weight excluding hydrogens is 657 g/mol. The van der Waals surface area contributed by atoms with Crippen molar-refractivity contribution in [2.45, 2.75) is 157 Å². The molecule has 1 fully saturated rings. The molecule has 0 aromatic carbocycles. The largest absolute Gasteiger partial charge is 0.435 e. The van der Waals surface area contributed by atoms with Crippen molar-refractivity contribution < 1.29 is 8.23 Å². The molecule has 0 radical (unpaired) electrons. The highest BCUT2D eigenvalue weighted by Gasteiger charge is 2.82. The second kappa shape index (κ2) is 11.3. The molecule has 0 aliphatic carbocycles. The van der Waals surface area contributed by atoms with Gasteiger partial charge in [-0.1, -0.05) is 98.2 Å². The average molecular weight is 730 g/mol. The highest BCUT2D eigenvalue weighted by atomic mass is 28.6. The van der Waals surface area contributed by atoms with Gasteiger partial charge in [0.05, 0.1) is 0 Å².